The van der Waals surface area contributed by atoms with Gasteiger partial charge < -0.3 is 14.4 Å². The Labute approximate surface area is 114 Å². The molecule has 1 aromatic carbocycles. The minimum absolute atomic E-state index is 0.220. The second-order valence-corrected chi connectivity index (χ2v) is 4.52. The molecule has 0 unspecified atom stereocenters. The van der Waals surface area contributed by atoms with Gasteiger partial charge in [-0.3, -0.25) is 4.90 Å². The largest absolute Gasteiger partial charge is 0.441 e. The number of aliphatic hydroxyl groups excluding tert-OH is 1. The second kappa shape index (κ2) is 4.97. The fourth-order valence-corrected chi connectivity index (χ4v) is 2.20. The molecule has 2 aromatic rings. The molecule has 5 nitrogen and oxygen atoms in total. The molecule has 6 heteroatoms. The molecule has 1 aliphatic rings. The summed E-state index contributed by atoms with van der Waals surface area (Å²) in [6.45, 7) is -0.0240. The van der Waals surface area contributed by atoms with Crippen molar-refractivity contribution in [1.82, 2.24) is 4.57 Å². The predicted octanol–water partition coefficient (Wildman–Crippen LogP) is 1.93. The van der Waals surface area contributed by atoms with Gasteiger partial charge in [-0.05, 0) is 30.3 Å². The molecular weight excluding hydrogens is 263 g/mol. The molecule has 2 heterocycles. The summed E-state index contributed by atoms with van der Waals surface area (Å²) in [4.78, 5) is 12.9. The zero-order valence-corrected chi connectivity index (χ0v) is 10.6. The fraction of sp³-hybridized carbons (Fsp3) is 0.214. The number of aromatic nitrogens is 1. The van der Waals surface area contributed by atoms with Crippen molar-refractivity contribution in [3.8, 4) is 5.69 Å². The fourth-order valence-electron chi connectivity index (χ4n) is 2.20. The van der Waals surface area contributed by atoms with Crippen LogP contribution >= 0.6 is 0 Å². The van der Waals surface area contributed by atoms with Gasteiger partial charge in [-0.25, -0.2) is 9.18 Å². The van der Waals surface area contributed by atoms with Crippen LogP contribution in [-0.4, -0.2) is 35.0 Å². The smallest absolute Gasteiger partial charge is 0.414 e. The molecule has 0 saturated carbocycles. The van der Waals surface area contributed by atoms with Crippen LogP contribution in [0.5, 0.6) is 0 Å². The summed E-state index contributed by atoms with van der Waals surface area (Å²) in [5.41, 5.74) is 0.823. The van der Waals surface area contributed by atoms with Gasteiger partial charge in [0, 0.05) is 12.4 Å². The number of carbonyl (C=O) groups is 1. The van der Waals surface area contributed by atoms with Gasteiger partial charge in [0.05, 0.1) is 24.5 Å². The lowest BCUT2D eigenvalue weighted by molar-refractivity contribution is 0.0963. The van der Waals surface area contributed by atoms with Gasteiger partial charge >= 0.3 is 6.09 Å². The van der Waals surface area contributed by atoms with Crippen LogP contribution in [0.25, 0.3) is 5.69 Å². The van der Waals surface area contributed by atoms with Gasteiger partial charge in [0.2, 0.25) is 0 Å². The van der Waals surface area contributed by atoms with E-state index in [4.69, 9.17) is 9.84 Å². The molecule has 1 aromatic heterocycles. The Morgan fingerprint density at radius 3 is 2.70 bits per heavy atom. The molecule has 1 fully saturated rings. The van der Waals surface area contributed by atoms with Gasteiger partial charge in [-0.2, -0.15) is 0 Å². The van der Waals surface area contributed by atoms with E-state index in [1.165, 1.54) is 11.0 Å². The molecule has 1 saturated heterocycles. The Balaban J connectivity index is 1.89. The van der Waals surface area contributed by atoms with E-state index in [-0.39, 0.29) is 13.2 Å². The maximum absolute atomic E-state index is 14.1. The second-order valence-electron chi connectivity index (χ2n) is 4.52. The minimum Gasteiger partial charge on any atom is -0.441 e. The van der Waals surface area contributed by atoms with E-state index in [2.05, 4.69) is 0 Å². The molecule has 1 atom stereocenters. The Bertz CT molecular complexity index is 627. The van der Waals surface area contributed by atoms with Crippen molar-refractivity contribution >= 4 is 11.8 Å². The van der Waals surface area contributed by atoms with Crippen molar-refractivity contribution in [3.05, 3.63) is 48.5 Å². The number of aliphatic hydroxyl groups is 1. The van der Waals surface area contributed by atoms with E-state index in [1.807, 2.05) is 0 Å². The lowest BCUT2D eigenvalue weighted by atomic mass is 10.2. The van der Waals surface area contributed by atoms with Crippen LogP contribution in [0.15, 0.2) is 42.7 Å². The number of hydrogen-bond acceptors (Lipinski definition) is 3. The van der Waals surface area contributed by atoms with Crippen molar-refractivity contribution in [3.63, 3.8) is 0 Å². The molecule has 1 amide bonds. The standard InChI is InChI=1S/C14H13FN2O3/c15-12-7-10(17-8-11(9-18)20-14(17)19)3-4-13(12)16-5-1-2-6-16/h1-7,11,18H,8-9H2/t11-/m1/s1. The predicted molar refractivity (Wildman–Crippen MR) is 70.4 cm³/mol. The summed E-state index contributed by atoms with van der Waals surface area (Å²) in [7, 11) is 0. The first-order chi connectivity index (χ1) is 9.69. The number of nitrogens with zero attached hydrogens (tertiary/aromatic N) is 2. The van der Waals surface area contributed by atoms with E-state index in [0.717, 1.165) is 0 Å². The van der Waals surface area contributed by atoms with E-state index in [9.17, 15) is 9.18 Å². The van der Waals surface area contributed by atoms with Crippen LogP contribution in [0.4, 0.5) is 14.9 Å². The molecule has 104 valence electrons. The third-order valence-electron chi connectivity index (χ3n) is 3.20. The van der Waals surface area contributed by atoms with Crippen LogP contribution in [0.1, 0.15) is 0 Å². The summed E-state index contributed by atoms with van der Waals surface area (Å²) in [5.74, 6) is -0.432. The highest BCUT2D eigenvalue weighted by molar-refractivity contribution is 5.89. The zero-order valence-electron chi connectivity index (χ0n) is 10.6. The Kier molecular flexibility index (Phi) is 3.15. The van der Waals surface area contributed by atoms with Gasteiger partial charge in [0.25, 0.3) is 0 Å². The molecule has 0 bridgehead atoms. The Morgan fingerprint density at radius 2 is 2.10 bits per heavy atom. The van der Waals surface area contributed by atoms with Crippen molar-refractivity contribution in [1.29, 1.82) is 0 Å². The average molecular weight is 276 g/mol. The number of benzene rings is 1. The highest BCUT2D eigenvalue weighted by atomic mass is 19.1. The quantitative estimate of drug-likeness (QED) is 0.932. The third kappa shape index (κ3) is 2.14. The van der Waals surface area contributed by atoms with Crippen molar-refractivity contribution < 1.29 is 19.0 Å². The van der Waals surface area contributed by atoms with Gasteiger partial charge in [-0.1, -0.05) is 0 Å². The van der Waals surface area contributed by atoms with E-state index in [1.54, 1.807) is 41.2 Å². The normalized spacial score (nSPS) is 18.4. The Morgan fingerprint density at radius 1 is 1.35 bits per heavy atom. The van der Waals surface area contributed by atoms with Crippen LogP contribution < -0.4 is 4.90 Å². The maximum Gasteiger partial charge on any atom is 0.414 e. The SMILES string of the molecule is O=C1O[C@@H](CO)CN1c1ccc(-n2cccc2)c(F)c1. The van der Waals surface area contributed by atoms with Crippen LogP contribution in [-0.2, 0) is 4.74 Å². The summed E-state index contributed by atoms with van der Waals surface area (Å²) >= 11 is 0. The van der Waals surface area contributed by atoms with Crippen LogP contribution in [0.2, 0.25) is 0 Å². The van der Waals surface area contributed by atoms with E-state index >= 15 is 0 Å². The number of halogens is 1. The number of ether oxygens (including phenoxy) is 1. The molecule has 3 rings (SSSR count). The molecule has 0 spiro atoms. The number of rotatable bonds is 3. The highest BCUT2D eigenvalue weighted by Crippen LogP contribution is 2.25. The first-order valence-electron chi connectivity index (χ1n) is 6.21. The van der Waals surface area contributed by atoms with E-state index < -0.39 is 18.0 Å². The third-order valence-corrected chi connectivity index (χ3v) is 3.20. The molecule has 20 heavy (non-hydrogen) atoms. The number of cyclic esters (lactones) is 1. The number of carbonyl (C=O) groups excluding carboxylic acids is 1. The number of anilines is 1. The monoisotopic (exact) mass is 276 g/mol. The lowest BCUT2D eigenvalue weighted by Gasteiger charge is -2.14. The molecule has 1 N–H and O–H groups in total. The minimum atomic E-state index is -0.572. The summed E-state index contributed by atoms with van der Waals surface area (Å²) in [6.07, 6.45) is 2.35. The number of amides is 1. The highest BCUT2D eigenvalue weighted by Gasteiger charge is 2.32. The molecule has 1 aliphatic heterocycles. The maximum atomic E-state index is 14.1. The summed E-state index contributed by atoms with van der Waals surface area (Å²) in [6, 6.07) is 8.15. The van der Waals surface area contributed by atoms with Crippen LogP contribution in [0, 0.1) is 5.82 Å². The van der Waals surface area contributed by atoms with Gasteiger partial charge in [0.15, 0.2) is 0 Å². The van der Waals surface area contributed by atoms with Gasteiger partial charge in [0.1, 0.15) is 11.9 Å². The zero-order chi connectivity index (χ0) is 14.1. The molecule has 0 aliphatic carbocycles. The van der Waals surface area contributed by atoms with Crippen molar-refractivity contribution in [2.75, 3.05) is 18.1 Å². The van der Waals surface area contributed by atoms with Crippen molar-refractivity contribution in [2.24, 2.45) is 0 Å². The summed E-state index contributed by atoms with van der Waals surface area (Å²) < 4.78 is 20.7. The van der Waals surface area contributed by atoms with E-state index in [0.29, 0.717) is 11.4 Å². The van der Waals surface area contributed by atoms with Gasteiger partial charge in [-0.15, -0.1) is 0 Å². The van der Waals surface area contributed by atoms with Crippen LogP contribution in [0.3, 0.4) is 0 Å². The first kappa shape index (κ1) is 12.7. The van der Waals surface area contributed by atoms with Crippen molar-refractivity contribution in [2.45, 2.75) is 6.10 Å². The molecule has 0 radical (unpaired) electrons. The molecular formula is C14H13FN2O3. The first-order valence-corrected chi connectivity index (χ1v) is 6.21. The Hall–Kier alpha value is -2.34. The topological polar surface area (TPSA) is 54.7 Å². The lowest BCUT2D eigenvalue weighted by Crippen LogP contribution is -2.25. The average Bonchev–Trinajstić information content (AvgIpc) is 3.07. The summed E-state index contributed by atoms with van der Waals surface area (Å²) in [5, 5.41) is 8.99. The number of hydrogen-bond donors (Lipinski definition) is 1.